The molecule has 2 aliphatic rings. The van der Waals surface area contributed by atoms with E-state index in [-0.39, 0.29) is 6.61 Å². The molecule has 0 amide bonds. The molecule has 0 aliphatic carbocycles. The van der Waals surface area contributed by atoms with Crippen LogP contribution in [0.1, 0.15) is 43.8 Å². The molecule has 2 atom stereocenters. The normalized spacial score (nSPS) is 28.3. The lowest BCUT2D eigenvalue weighted by molar-refractivity contribution is 0.182. The summed E-state index contributed by atoms with van der Waals surface area (Å²) in [5.41, 5.74) is 0. The summed E-state index contributed by atoms with van der Waals surface area (Å²) in [5, 5.41) is 18.2. The van der Waals surface area contributed by atoms with Gasteiger partial charge < -0.3 is 14.6 Å². The standard InChI is InChI=1S/C14H24N4O/c1-2-17-7-3-4-12(9-17)14-16-15-13-6-5-11(10-19)8-18(13)14/h11-12,19H,2-10H2,1H3. The molecular formula is C14H24N4O. The topological polar surface area (TPSA) is 54.2 Å². The molecule has 2 aliphatic heterocycles. The summed E-state index contributed by atoms with van der Waals surface area (Å²) in [6, 6.07) is 0. The van der Waals surface area contributed by atoms with Crippen molar-refractivity contribution in [2.45, 2.75) is 45.1 Å². The average Bonchev–Trinajstić information content (AvgIpc) is 2.90. The lowest BCUT2D eigenvalue weighted by Gasteiger charge is -2.32. The zero-order valence-electron chi connectivity index (χ0n) is 11.8. The van der Waals surface area contributed by atoms with Crippen LogP contribution < -0.4 is 0 Å². The maximum Gasteiger partial charge on any atom is 0.137 e. The molecule has 1 aromatic rings. The van der Waals surface area contributed by atoms with Gasteiger partial charge in [-0.2, -0.15) is 0 Å². The number of aliphatic hydroxyl groups is 1. The number of aliphatic hydroxyl groups excluding tert-OH is 1. The Hall–Kier alpha value is -0.940. The van der Waals surface area contributed by atoms with Gasteiger partial charge in [0.15, 0.2) is 0 Å². The number of hydrogen-bond acceptors (Lipinski definition) is 4. The van der Waals surface area contributed by atoms with Crippen LogP contribution in [0.5, 0.6) is 0 Å². The fourth-order valence-corrected chi connectivity index (χ4v) is 3.42. The van der Waals surface area contributed by atoms with Gasteiger partial charge in [0, 0.05) is 38.0 Å². The highest BCUT2D eigenvalue weighted by Gasteiger charge is 2.29. The van der Waals surface area contributed by atoms with Crippen molar-refractivity contribution in [2.24, 2.45) is 5.92 Å². The van der Waals surface area contributed by atoms with E-state index in [1.54, 1.807) is 0 Å². The van der Waals surface area contributed by atoms with Gasteiger partial charge in [-0.15, -0.1) is 10.2 Å². The van der Waals surface area contributed by atoms with E-state index in [0.717, 1.165) is 44.1 Å². The first-order valence-corrected chi connectivity index (χ1v) is 7.57. The van der Waals surface area contributed by atoms with Gasteiger partial charge in [-0.1, -0.05) is 6.92 Å². The van der Waals surface area contributed by atoms with E-state index < -0.39 is 0 Å². The van der Waals surface area contributed by atoms with E-state index in [9.17, 15) is 5.11 Å². The van der Waals surface area contributed by atoms with Crippen LogP contribution in [0.15, 0.2) is 0 Å². The number of aryl methyl sites for hydroxylation is 1. The summed E-state index contributed by atoms with van der Waals surface area (Å²) >= 11 is 0. The fourth-order valence-electron chi connectivity index (χ4n) is 3.42. The van der Waals surface area contributed by atoms with Crippen molar-refractivity contribution in [1.29, 1.82) is 0 Å². The Morgan fingerprint density at radius 1 is 1.26 bits per heavy atom. The third kappa shape index (κ3) is 2.54. The fraction of sp³-hybridized carbons (Fsp3) is 0.857. The zero-order chi connectivity index (χ0) is 13.2. The van der Waals surface area contributed by atoms with Crippen LogP contribution in [0.4, 0.5) is 0 Å². The summed E-state index contributed by atoms with van der Waals surface area (Å²) in [6.07, 6.45) is 4.48. The molecule has 1 saturated heterocycles. The van der Waals surface area contributed by atoms with Crippen molar-refractivity contribution >= 4 is 0 Å². The first-order chi connectivity index (χ1) is 9.31. The Kier molecular flexibility index (Phi) is 3.84. The number of fused-ring (bicyclic) bond motifs is 1. The maximum absolute atomic E-state index is 9.37. The van der Waals surface area contributed by atoms with Crippen LogP contribution in [0, 0.1) is 5.92 Å². The van der Waals surface area contributed by atoms with E-state index in [4.69, 9.17) is 0 Å². The van der Waals surface area contributed by atoms with Gasteiger partial charge in [-0.25, -0.2) is 0 Å². The van der Waals surface area contributed by atoms with Gasteiger partial charge in [-0.3, -0.25) is 0 Å². The van der Waals surface area contributed by atoms with Gasteiger partial charge in [0.25, 0.3) is 0 Å². The lowest BCUT2D eigenvalue weighted by atomic mass is 9.95. The lowest BCUT2D eigenvalue weighted by Crippen LogP contribution is -2.36. The molecular weight excluding hydrogens is 240 g/mol. The third-order valence-corrected chi connectivity index (χ3v) is 4.65. The monoisotopic (exact) mass is 264 g/mol. The van der Waals surface area contributed by atoms with Crippen molar-refractivity contribution in [2.75, 3.05) is 26.2 Å². The molecule has 0 radical (unpaired) electrons. The summed E-state index contributed by atoms with van der Waals surface area (Å²) in [7, 11) is 0. The molecule has 5 nitrogen and oxygen atoms in total. The molecule has 0 bridgehead atoms. The zero-order valence-corrected chi connectivity index (χ0v) is 11.8. The molecule has 1 N–H and O–H groups in total. The van der Waals surface area contributed by atoms with E-state index in [2.05, 4.69) is 26.6 Å². The summed E-state index contributed by atoms with van der Waals surface area (Å²) in [4.78, 5) is 2.50. The van der Waals surface area contributed by atoms with E-state index in [0.29, 0.717) is 11.8 Å². The third-order valence-electron chi connectivity index (χ3n) is 4.65. The van der Waals surface area contributed by atoms with E-state index in [1.807, 2.05) is 0 Å². The Morgan fingerprint density at radius 3 is 2.95 bits per heavy atom. The number of aromatic nitrogens is 3. The Bertz CT molecular complexity index is 431. The maximum atomic E-state index is 9.37. The van der Waals surface area contributed by atoms with E-state index >= 15 is 0 Å². The second-order valence-electron chi connectivity index (χ2n) is 5.90. The van der Waals surface area contributed by atoms with Gasteiger partial charge in [-0.05, 0) is 32.4 Å². The van der Waals surface area contributed by atoms with Gasteiger partial charge in [0.05, 0.1) is 0 Å². The molecule has 3 rings (SSSR count). The van der Waals surface area contributed by atoms with Crippen LogP contribution in [0.3, 0.4) is 0 Å². The number of likely N-dealkylation sites (tertiary alicyclic amines) is 1. The largest absolute Gasteiger partial charge is 0.396 e. The van der Waals surface area contributed by atoms with Crippen molar-refractivity contribution in [3.8, 4) is 0 Å². The SMILES string of the molecule is CCN1CCCC(c2nnc3n2CC(CO)CC3)C1. The Balaban J connectivity index is 1.80. The molecule has 106 valence electrons. The van der Waals surface area contributed by atoms with Crippen LogP contribution in [-0.2, 0) is 13.0 Å². The number of hydrogen-bond donors (Lipinski definition) is 1. The van der Waals surface area contributed by atoms with Crippen molar-refractivity contribution < 1.29 is 5.11 Å². The number of rotatable bonds is 3. The van der Waals surface area contributed by atoms with Crippen molar-refractivity contribution in [3.63, 3.8) is 0 Å². The Labute approximate surface area is 114 Å². The highest BCUT2D eigenvalue weighted by Crippen LogP contribution is 2.29. The van der Waals surface area contributed by atoms with Crippen LogP contribution >= 0.6 is 0 Å². The molecule has 0 aromatic carbocycles. The van der Waals surface area contributed by atoms with Crippen LogP contribution in [-0.4, -0.2) is 51.0 Å². The minimum atomic E-state index is 0.281. The average molecular weight is 264 g/mol. The van der Waals surface area contributed by atoms with Crippen molar-refractivity contribution in [3.05, 3.63) is 11.6 Å². The smallest absolute Gasteiger partial charge is 0.137 e. The van der Waals surface area contributed by atoms with E-state index in [1.165, 1.54) is 19.4 Å². The predicted molar refractivity (Wildman–Crippen MR) is 73.0 cm³/mol. The summed E-state index contributed by atoms with van der Waals surface area (Å²) in [6.45, 7) is 6.85. The summed E-state index contributed by atoms with van der Waals surface area (Å²) < 4.78 is 2.29. The highest BCUT2D eigenvalue weighted by molar-refractivity contribution is 5.07. The summed E-state index contributed by atoms with van der Waals surface area (Å²) in [5.74, 6) is 3.18. The predicted octanol–water partition coefficient (Wildman–Crippen LogP) is 1.03. The Morgan fingerprint density at radius 2 is 2.16 bits per heavy atom. The number of likely N-dealkylation sites (N-methyl/N-ethyl adjacent to an activating group) is 1. The highest BCUT2D eigenvalue weighted by atomic mass is 16.3. The minimum absolute atomic E-state index is 0.281. The van der Waals surface area contributed by atoms with Gasteiger partial charge >= 0.3 is 0 Å². The van der Waals surface area contributed by atoms with Gasteiger partial charge in [0.1, 0.15) is 11.6 Å². The van der Waals surface area contributed by atoms with Crippen LogP contribution in [0.2, 0.25) is 0 Å². The number of piperidine rings is 1. The minimum Gasteiger partial charge on any atom is -0.396 e. The quantitative estimate of drug-likeness (QED) is 0.886. The first kappa shape index (κ1) is 13.1. The first-order valence-electron chi connectivity index (χ1n) is 7.57. The molecule has 0 saturated carbocycles. The molecule has 19 heavy (non-hydrogen) atoms. The molecule has 5 heteroatoms. The molecule has 1 aromatic heterocycles. The van der Waals surface area contributed by atoms with Crippen molar-refractivity contribution in [1.82, 2.24) is 19.7 Å². The van der Waals surface area contributed by atoms with Crippen LogP contribution in [0.25, 0.3) is 0 Å². The molecule has 3 heterocycles. The van der Waals surface area contributed by atoms with Gasteiger partial charge in [0.2, 0.25) is 0 Å². The molecule has 0 spiro atoms. The molecule has 1 fully saturated rings. The molecule has 2 unspecified atom stereocenters. The second-order valence-corrected chi connectivity index (χ2v) is 5.90. The number of nitrogens with zero attached hydrogens (tertiary/aromatic N) is 4. The second kappa shape index (κ2) is 5.59.